The smallest absolute Gasteiger partial charge is 0.291 e. The van der Waals surface area contributed by atoms with Crippen LogP contribution in [0.25, 0.3) is 0 Å². The van der Waals surface area contributed by atoms with E-state index in [0.717, 1.165) is 12.8 Å². The number of nitro groups is 1. The molecule has 0 unspecified atom stereocenters. The number of nitrogens with one attached hydrogen (secondary N) is 1. The van der Waals surface area contributed by atoms with Crippen molar-refractivity contribution in [2.24, 2.45) is 0 Å². The molecule has 0 aromatic carbocycles. The summed E-state index contributed by atoms with van der Waals surface area (Å²) in [6, 6.07) is 2.53. The van der Waals surface area contributed by atoms with E-state index < -0.39 is 22.4 Å². The van der Waals surface area contributed by atoms with Gasteiger partial charge in [-0.05, 0) is 12.5 Å². The lowest BCUT2D eigenvalue weighted by molar-refractivity contribution is -0.385. The Hall–Kier alpha value is -2.31. The minimum atomic E-state index is -0.839. The predicted octanol–water partition coefficient (Wildman–Crippen LogP) is 1.83. The number of hydrogen-bond donors (Lipinski definition) is 1. The second-order valence-electron chi connectivity index (χ2n) is 3.96. The lowest BCUT2D eigenvalue weighted by atomic mass is 10.2. The molecule has 1 rings (SSSR count). The quantitative estimate of drug-likeness (QED) is 0.480. The van der Waals surface area contributed by atoms with Crippen LogP contribution < -0.4 is 5.32 Å². The fourth-order valence-corrected chi connectivity index (χ4v) is 1.50. The molecule has 102 valence electrons. The number of unbranched alkanes of at least 4 members (excludes halogenated alkanes) is 2. The first-order valence-electron chi connectivity index (χ1n) is 5.99. The topological polar surface area (TPSA) is 102 Å². The van der Waals surface area contributed by atoms with E-state index in [2.05, 4.69) is 10.3 Å². The lowest BCUT2D eigenvalue weighted by Gasteiger charge is -2.03. The number of carbonyl (C=O) groups excluding carboxylic acids is 2. The van der Waals surface area contributed by atoms with Crippen molar-refractivity contribution in [3.8, 4) is 0 Å². The van der Waals surface area contributed by atoms with E-state index in [1.165, 1.54) is 18.3 Å². The van der Waals surface area contributed by atoms with Crippen molar-refractivity contribution in [2.75, 3.05) is 0 Å². The van der Waals surface area contributed by atoms with Gasteiger partial charge in [-0.2, -0.15) is 0 Å². The zero-order valence-electron chi connectivity index (χ0n) is 10.6. The van der Waals surface area contributed by atoms with Crippen LogP contribution >= 0.6 is 0 Å². The van der Waals surface area contributed by atoms with Crippen molar-refractivity contribution < 1.29 is 14.5 Å². The molecular weight excluding hydrogens is 250 g/mol. The first-order chi connectivity index (χ1) is 9.06. The van der Waals surface area contributed by atoms with Gasteiger partial charge in [0.15, 0.2) is 0 Å². The maximum atomic E-state index is 11.7. The maximum absolute atomic E-state index is 11.7. The average Bonchev–Trinajstić information content (AvgIpc) is 2.39. The van der Waals surface area contributed by atoms with E-state index in [-0.39, 0.29) is 12.1 Å². The summed E-state index contributed by atoms with van der Waals surface area (Å²) in [5.74, 6) is -1.29. The minimum absolute atomic E-state index is 0.222. The summed E-state index contributed by atoms with van der Waals surface area (Å²) in [6.07, 6.45) is 4.03. The molecule has 7 nitrogen and oxygen atoms in total. The van der Waals surface area contributed by atoms with Crippen molar-refractivity contribution in [2.45, 2.75) is 32.6 Å². The molecule has 0 radical (unpaired) electrons. The Balaban J connectivity index is 2.68. The maximum Gasteiger partial charge on any atom is 0.300 e. The van der Waals surface area contributed by atoms with E-state index in [0.29, 0.717) is 6.42 Å². The van der Waals surface area contributed by atoms with Crippen molar-refractivity contribution in [3.63, 3.8) is 0 Å². The molecule has 0 aliphatic rings. The van der Waals surface area contributed by atoms with Crippen LogP contribution in [-0.2, 0) is 4.79 Å². The molecule has 2 amide bonds. The molecule has 1 N–H and O–H groups in total. The molecule has 19 heavy (non-hydrogen) atoms. The third-order valence-corrected chi connectivity index (χ3v) is 2.46. The molecule has 0 bridgehead atoms. The van der Waals surface area contributed by atoms with E-state index in [1.807, 2.05) is 6.92 Å². The highest BCUT2D eigenvalue weighted by Gasteiger charge is 2.22. The molecule has 0 spiro atoms. The number of imide groups is 1. The summed E-state index contributed by atoms with van der Waals surface area (Å²) >= 11 is 0. The van der Waals surface area contributed by atoms with Gasteiger partial charge < -0.3 is 0 Å². The van der Waals surface area contributed by atoms with Gasteiger partial charge in [-0.3, -0.25) is 25.0 Å². The van der Waals surface area contributed by atoms with E-state index >= 15 is 0 Å². The van der Waals surface area contributed by atoms with Crippen LogP contribution in [0.2, 0.25) is 0 Å². The van der Waals surface area contributed by atoms with Crippen molar-refractivity contribution in [3.05, 3.63) is 34.1 Å². The van der Waals surface area contributed by atoms with Crippen LogP contribution in [0.15, 0.2) is 18.3 Å². The molecule has 7 heteroatoms. The Kier molecular flexibility index (Phi) is 5.59. The molecule has 0 fully saturated rings. The van der Waals surface area contributed by atoms with Crippen molar-refractivity contribution in [1.82, 2.24) is 10.3 Å². The summed E-state index contributed by atoms with van der Waals surface area (Å²) in [7, 11) is 0. The van der Waals surface area contributed by atoms with Crippen molar-refractivity contribution >= 4 is 17.5 Å². The van der Waals surface area contributed by atoms with Gasteiger partial charge in [0, 0.05) is 18.7 Å². The number of amides is 2. The van der Waals surface area contributed by atoms with E-state index in [4.69, 9.17) is 0 Å². The predicted molar refractivity (Wildman–Crippen MR) is 67.5 cm³/mol. The van der Waals surface area contributed by atoms with Gasteiger partial charge >= 0.3 is 5.69 Å². The fraction of sp³-hybridized carbons (Fsp3) is 0.417. The van der Waals surface area contributed by atoms with Gasteiger partial charge in [0.25, 0.3) is 5.91 Å². The van der Waals surface area contributed by atoms with Crippen LogP contribution in [0.5, 0.6) is 0 Å². The number of nitrogens with zero attached hydrogens (tertiary/aromatic N) is 2. The first-order valence-corrected chi connectivity index (χ1v) is 5.99. The largest absolute Gasteiger partial charge is 0.300 e. The Morgan fingerprint density at radius 1 is 1.42 bits per heavy atom. The van der Waals surface area contributed by atoms with Crippen LogP contribution in [0.4, 0.5) is 5.69 Å². The highest BCUT2D eigenvalue weighted by Crippen LogP contribution is 2.14. The van der Waals surface area contributed by atoms with Gasteiger partial charge in [-0.15, -0.1) is 0 Å². The normalized spacial score (nSPS) is 9.95. The third kappa shape index (κ3) is 4.46. The number of aromatic nitrogens is 1. The Morgan fingerprint density at radius 2 is 2.16 bits per heavy atom. The summed E-state index contributed by atoms with van der Waals surface area (Å²) in [5.41, 5.74) is -0.766. The minimum Gasteiger partial charge on any atom is -0.291 e. The van der Waals surface area contributed by atoms with Crippen LogP contribution in [-0.4, -0.2) is 21.7 Å². The Morgan fingerprint density at radius 3 is 2.79 bits per heavy atom. The number of carbonyl (C=O) groups is 2. The van der Waals surface area contributed by atoms with Gasteiger partial charge in [0.2, 0.25) is 11.6 Å². The van der Waals surface area contributed by atoms with Crippen LogP contribution in [0.3, 0.4) is 0 Å². The van der Waals surface area contributed by atoms with Crippen LogP contribution in [0.1, 0.15) is 43.1 Å². The third-order valence-electron chi connectivity index (χ3n) is 2.46. The monoisotopic (exact) mass is 265 g/mol. The molecule has 1 heterocycles. The second kappa shape index (κ2) is 7.20. The molecule has 0 aliphatic heterocycles. The highest BCUT2D eigenvalue weighted by atomic mass is 16.6. The lowest BCUT2D eigenvalue weighted by Crippen LogP contribution is -2.31. The molecule has 0 saturated carbocycles. The number of hydrogen-bond acceptors (Lipinski definition) is 5. The van der Waals surface area contributed by atoms with E-state index in [9.17, 15) is 19.7 Å². The summed E-state index contributed by atoms with van der Waals surface area (Å²) in [5, 5.41) is 12.8. The number of rotatable bonds is 6. The number of pyridine rings is 1. The van der Waals surface area contributed by atoms with Gasteiger partial charge in [0.05, 0.1) is 4.92 Å². The highest BCUT2D eigenvalue weighted by molar-refractivity contribution is 6.05. The van der Waals surface area contributed by atoms with Gasteiger partial charge in [-0.25, -0.2) is 4.98 Å². The SMILES string of the molecule is CCCCCC(=O)NC(=O)c1ncccc1[N+](=O)[O-]. The average molecular weight is 265 g/mol. The molecule has 0 aliphatic carbocycles. The molecular formula is C12H15N3O4. The van der Waals surface area contributed by atoms with Gasteiger partial charge in [0.1, 0.15) is 0 Å². The standard InChI is InChI=1S/C12H15N3O4/c1-2-3-4-7-10(16)14-12(17)11-9(15(18)19)6-5-8-13-11/h5-6,8H,2-4,7H2,1H3,(H,14,16,17). The van der Waals surface area contributed by atoms with Gasteiger partial charge in [-0.1, -0.05) is 19.8 Å². The summed E-state index contributed by atoms with van der Waals surface area (Å²) in [4.78, 5) is 36.8. The molecule has 1 aromatic rings. The van der Waals surface area contributed by atoms with Crippen LogP contribution in [0, 0.1) is 10.1 Å². The summed E-state index contributed by atoms with van der Waals surface area (Å²) < 4.78 is 0. The fourth-order valence-electron chi connectivity index (χ4n) is 1.50. The molecule has 0 saturated heterocycles. The first kappa shape index (κ1) is 14.7. The van der Waals surface area contributed by atoms with Crippen molar-refractivity contribution in [1.29, 1.82) is 0 Å². The zero-order valence-corrected chi connectivity index (χ0v) is 10.6. The Labute approximate surface area is 110 Å². The Bertz CT molecular complexity index is 488. The second-order valence-corrected chi connectivity index (χ2v) is 3.96. The molecule has 1 aromatic heterocycles. The summed E-state index contributed by atoms with van der Waals surface area (Å²) in [6.45, 7) is 2.00. The molecule has 0 atom stereocenters. The zero-order chi connectivity index (χ0) is 14.3. The van der Waals surface area contributed by atoms with E-state index in [1.54, 1.807) is 0 Å².